The zero-order valence-corrected chi connectivity index (χ0v) is 21.0. The van der Waals surface area contributed by atoms with E-state index in [0.717, 1.165) is 56.8 Å². The molecule has 0 N–H and O–H groups in total. The number of rotatable bonds is 18. The van der Waals surface area contributed by atoms with E-state index in [9.17, 15) is 9.46 Å². The predicted octanol–water partition coefficient (Wildman–Crippen LogP) is 7.45. The first-order valence-electron chi connectivity index (χ1n) is 11.5. The summed E-state index contributed by atoms with van der Waals surface area (Å²) in [7, 11) is -4.14. The van der Waals surface area contributed by atoms with Crippen molar-refractivity contribution in [2.24, 2.45) is 11.8 Å². The van der Waals surface area contributed by atoms with Crippen molar-refractivity contribution in [2.75, 3.05) is 13.2 Å². The van der Waals surface area contributed by atoms with Gasteiger partial charge in [0.1, 0.15) is 0 Å². The maximum absolute atomic E-state index is 11.8. The van der Waals surface area contributed by atoms with Crippen molar-refractivity contribution >= 4 is 7.82 Å². The second kappa shape index (κ2) is 22.3. The van der Waals surface area contributed by atoms with Crippen molar-refractivity contribution in [3.05, 3.63) is 0 Å². The summed E-state index contributed by atoms with van der Waals surface area (Å²) < 4.78 is 21.9. The Bertz CT molecular complexity index is 327. The van der Waals surface area contributed by atoms with Crippen molar-refractivity contribution < 1.29 is 34.0 Å². The van der Waals surface area contributed by atoms with E-state index >= 15 is 0 Å². The Morgan fingerprint density at radius 3 is 1.50 bits per heavy atom. The molecule has 6 heteroatoms. The van der Waals surface area contributed by atoms with Crippen LogP contribution < -0.4 is 4.89 Å². The van der Waals surface area contributed by atoms with Crippen LogP contribution in [0.15, 0.2) is 0 Å². The molecule has 0 fully saturated rings. The van der Waals surface area contributed by atoms with E-state index in [1.54, 1.807) is 0 Å². The molecular weight excluding hydrogens is 418 g/mol. The van der Waals surface area contributed by atoms with Crippen LogP contribution in [0, 0.1) is 11.8 Å². The third-order valence-electron chi connectivity index (χ3n) is 4.99. The van der Waals surface area contributed by atoms with Crippen LogP contribution in [0.1, 0.15) is 112 Å². The molecule has 174 valence electrons. The minimum atomic E-state index is -4.14. The minimum absolute atomic E-state index is 0.253. The summed E-state index contributed by atoms with van der Waals surface area (Å²) >= 11 is 4.51. The van der Waals surface area contributed by atoms with Crippen LogP contribution in [0.25, 0.3) is 0 Å². The molecule has 0 bridgehead atoms. The van der Waals surface area contributed by atoms with E-state index in [4.69, 9.17) is 9.05 Å². The van der Waals surface area contributed by atoms with Crippen molar-refractivity contribution in [3.63, 3.8) is 0 Å². The number of hydrogen-bond donors (Lipinski definition) is 0. The molecule has 4 nitrogen and oxygen atoms in total. The first-order valence-corrected chi connectivity index (χ1v) is 13.7. The average Bonchev–Trinajstić information content (AvgIpc) is 2.69. The molecule has 0 aliphatic heterocycles. The molecule has 0 heterocycles. The maximum atomic E-state index is 11.8. The van der Waals surface area contributed by atoms with Gasteiger partial charge in [-0.1, -0.05) is 66.2 Å². The molecule has 0 aromatic heterocycles. The van der Waals surface area contributed by atoms with Gasteiger partial charge in [-0.15, -0.1) is 0 Å². The summed E-state index contributed by atoms with van der Waals surface area (Å²) in [4.78, 5) is 11.8. The molecule has 0 amide bonds. The van der Waals surface area contributed by atoms with Gasteiger partial charge in [0.25, 0.3) is 7.82 Å². The zero-order chi connectivity index (χ0) is 21.7. The zero-order valence-electron chi connectivity index (χ0n) is 19.2. The SMILES string of the molecule is CCCCC(CC)COP(=O)([O-])OCC(CC)CCCC.CCCCC[CH2][Ni+]. The van der Waals surface area contributed by atoms with Crippen LogP contribution in [0.3, 0.4) is 0 Å². The Balaban J connectivity index is 0. The van der Waals surface area contributed by atoms with E-state index < -0.39 is 7.82 Å². The standard InChI is InChI=1S/C16H35O4P.C6H13.Ni/c1-5-9-11-15(7-3)13-19-21(17,18)20-14-16(8-4)12-10-6-2;1-3-5-6-4-2;/h15-16H,5-14H2,1-4H3,(H,17,18);1,3-6H2,2H3;/q;;+1/p-1. The van der Waals surface area contributed by atoms with Gasteiger partial charge in [0.05, 0.1) is 13.2 Å². The molecular formula is C22H47NiO4P. The first kappa shape index (κ1) is 30.8. The fourth-order valence-electron chi connectivity index (χ4n) is 2.73. The van der Waals surface area contributed by atoms with Crippen LogP contribution in [-0.4, -0.2) is 13.2 Å². The number of unbranched alkanes of at least 4 members (excludes halogenated alkanes) is 5. The van der Waals surface area contributed by atoms with E-state index in [1.807, 2.05) is 0 Å². The summed E-state index contributed by atoms with van der Waals surface area (Å²) in [6.07, 6.45) is 13.7. The molecule has 2 atom stereocenters. The van der Waals surface area contributed by atoms with Gasteiger partial charge < -0.3 is 13.9 Å². The fourth-order valence-corrected chi connectivity index (χ4v) is 3.84. The summed E-state index contributed by atoms with van der Waals surface area (Å²) in [5, 5.41) is 0.986. The quantitative estimate of drug-likeness (QED) is 0.120. The van der Waals surface area contributed by atoms with E-state index in [2.05, 4.69) is 50.1 Å². The third kappa shape index (κ3) is 21.3. The average molecular weight is 465 g/mol. The molecule has 0 aliphatic carbocycles. The van der Waals surface area contributed by atoms with Gasteiger partial charge in [-0.25, -0.2) is 0 Å². The van der Waals surface area contributed by atoms with Crippen molar-refractivity contribution in [1.29, 1.82) is 0 Å². The molecule has 0 aromatic carbocycles. The Hall–Kier alpha value is 0.604. The van der Waals surface area contributed by atoms with Crippen molar-refractivity contribution in [2.45, 2.75) is 117 Å². The van der Waals surface area contributed by atoms with Crippen LogP contribution in [0.5, 0.6) is 0 Å². The van der Waals surface area contributed by atoms with Crippen LogP contribution >= 0.6 is 7.82 Å². The number of phosphoric acid groups is 1. The van der Waals surface area contributed by atoms with E-state index in [1.165, 1.54) is 25.7 Å². The number of phosphoric ester groups is 1. The van der Waals surface area contributed by atoms with Gasteiger partial charge in [0.15, 0.2) is 0 Å². The molecule has 28 heavy (non-hydrogen) atoms. The normalized spacial score (nSPS) is 15.4. The molecule has 0 radical (unpaired) electrons. The third-order valence-corrected chi connectivity index (χ3v) is 6.27. The van der Waals surface area contributed by atoms with Gasteiger partial charge in [0.2, 0.25) is 0 Å². The summed E-state index contributed by atoms with van der Waals surface area (Å²) in [5.41, 5.74) is 0. The second-order valence-electron chi connectivity index (χ2n) is 7.59. The van der Waals surface area contributed by atoms with Gasteiger partial charge in [-0.05, 0) is 24.7 Å². The molecule has 0 aliphatic rings. The molecule has 2 unspecified atom stereocenters. The van der Waals surface area contributed by atoms with Gasteiger partial charge in [0, 0.05) is 0 Å². The van der Waals surface area contributed by atoms with Crippen LogP contribution in [0.4, 0.5) is 0 Å². The van der Waals surface area contributed by atoms with Crippen molar-refractivity contribution in [3.8, 4) is 0 Å². The van der Waals surface area contributed by atoms with Crippen molar-refractivity contribution in [1.82, 2.24) is 0 Å². The molecule has 0 spiro atoms. The Kier molecular flexibility index (Phi) is 24.5. The predicted molar refractivity (Wildman–Crippen MR) is 115 cm³/mol. The molecule has 0 aromatic rings. The van der Waals surface area contributed by atoms with Crippen LogP contribution in [0.2, 0.25) is 5.39 Å². The Morgan fingerprint density at radius 2 is 1.18 bits per heavy atom. The van der Waals surface area contributed by atoms with Gasteiger partial charge >= 0.3 is 53.5 Å². The summed E-state index contributed by atoms with van der Waals surface area (Å²) in [6, 6.07) is 0. The Labute approximate surface area is 183 Å². The van der Waals surface area contributed by atoms with Crippen LogP contribution in [-0.2, 0) is 29.1 Å². The first-order chi connectivity index (χ1) is 13.4. The van der Waals surface area contributed by atoms with Gasteiger partial charge in [-0.3, -0.25) is 4.57 Å². The summed E-state index contributed by atoms with van der Waals surface area (Å²) in [6.45, 7) is 11.1. The number of hydrogen-bond acceptors (Lipinski definition) is 4. The van der Waals surface area contributed by atoms with E-state index in [-0.39, 0.29) is 13.2 Å². The fraction of sp³-hybridized carbons (Fsp3) is 1.00. The van der Waals surface area contributed by atoms with E-state index in [0.29, 0.717) is 11.8 Å². The topological polar surface area (TPSA) is 58.6 Å². The summed E-state index contributed by atoms with van der Waals surface area (Å²) in [5.74, 6) is 0.607. The van der Waals surface area contributed by atoms with Gasteiger partial charge in [-0.2, -0.15) is 0 Å². The second-order valence-corrected chi connectivity index (χ2v) is 9.50. The molecule has 0 saturated heterocycles. The molecule has 0 saturated carbocycles. The Morgan fingerprint density at radius 1 is 0.750 bits per heavy atom. The molecule has 0 rings (SSSR count). The monoisotopic (exact) mass is 464 g/mol.